The monoisotopic (exact) mass is 542 g/mol. The Morgan fingerprint density at radius 1 is 0.923 bits per heavy atom. The summed E-state index contributed by atoms with van der Waals surface area (Å²) in [5, 5.41) is 2.89. The van der Waals surface area contributed by atoms with Crippen molar-refractivity contribution >= 4 is 17.5 Å². The summed E-state index contributed by atoms with van der Waals surface area (Å²) in [6, 6.07) is 17.8. The molecule has 1 N–H and O–H groups in total. The molecule has 0 atom stereocenters. The number of carbonyl (C=O) groups excluding carboxylic acids is 2. The van der Waals surface area contributed by atoms with Crippen molar-refractivity contribution in [2.24, 2.45) is 0 Å². The molecule has 9 heteroatoms. The Labute approximate surface area is 226 Å². The number of ether oxygens (including phenoxy) is 2. The fourth-order valence-electron chi connectivity index (χ4n) is 4.39. The van der Waals surface area contributed by atoms with Gasteiger partial charge in [-0.1, -0.05) is 44.2 Å². The molecule has 0 saturated carbocycles. The minimum Gasteiger partial charge on any atom is -0.490 e. The van der Waals surface area contributed by atoms with E-state index in [1.807, 2.05) is 32.9 Å². The van der Waals surface area contributed by atoms with Gasteiger partial charge in [0.1, 0.15) is 17.6 Å². The summed E-state index contributed by atoms with van der Waals surface area (Å²) in [5.74, 6) is -0.0195. The summed E-state index contributed by atoms with van der Waals surface area (Å²) in [6.45, 7) is 8.69. The molecule has 2 amide bonds. The molecule has 1 aliphatic rings. The van der Waals surface area contributed by atoms with Crippen LogP contribution in [0.2, 0.25) is 0 Å². The van der Waals surface area contributed by atoms with Gasteiger partial charge in [0.25, 0.3) is 5.91 Å². The average Bonchev–Trinajstić information content (AvgIpc) is 2.90. The van der Waals surface area contributed by atoms with Crippen molar-refractivity contribution in [3.05, 3.63) is 77.9 Å². The number of alkyl halides is 3. The zero-order valence-electron chi connectivity index (χ0n) is 22.5. The highest BCUT2D eigenvalue weighted by Gasteiger charge is 2.31. The number of anilines is 1. The Balaban J connectivity index is 0.00000205. The largest absolute Gasteiger partial charge is 0.573 e. The molecule has 0 bridgehead atoms. The Morgan fingerprint density at radius 2 is 1.56 bits per heavy atom. The van der Waals surface area contributed by atoms with Gasteiger partial charge in [-0.2, -0.15) is 0 Å². The minimum atomic E-state index is -4.78. The van der Waals surface area contributed by atoms with E-state index in [1.54, 1.807) is 42.2 Å². The number of rotatable bonds is 6. The molecule has 1 saturated heterocycles. The Kier molecular flexibility index (Phi) is 9.98. The number of nitrogens with zero attached hydrogens (tertiary/aromatic N) is 1. The number of aryl methyl sites for hydroxylation is 1. The third kappa shape index (κ3) is 8.24. The normalized spacial score (nSPS) is 13.7. The maximum Gasteiger partial charge on any atom is 0.573 e. The number of hydrogen-bond acceptors (Lipinski definition) is 4. The van der Waals surface area contributed by atoms with Gasteiger partial charge in [0, 0.05) is 50.2 Å². The quantitative estimate of drug-likeness (QED) is 0.357. The van der Waals surface area contributed by atoms with Gasteiger partial charge < -0.3 is 19.7 Å². The molecule has 4 rings (SSSR count). The fraction of sp³-hybridized carbons (Fsp3) is 0.333. The summed E-state index contributed by atoms with van der Waals surface area (Å²) < 4.78 is 47.6. The second kappa shape index (κ2) is 13.2. The summed E-state index contributed by atoms with van der Waals surface area (Å²) in [6.07, 6.45) is -3.33. The van der Waals surface area contributed by atoms with Crippen molar-refractivity contribution in [2.45, 2.75) is 53.0 Å². The molecule has 1 fully saturated rings. The lowest BCUT2D eigenvalue weighted by atomic mass is 9.94. The van der Waals surface area contributed by atoms with Crippen LogP contribution in [-0.4, -0.2) is 42.3 Å². The molecule has 0 aromatic heterocycles. The predicted molar refractivity (Wildman–Crippen MR) is 145 cm³/mol. The van der Waals surface area contributed by atoms with Crippen molar-refractivity contribution in [1.29, 1.82) is 0 Å². The second-order valence-corrected chi connectivity index (χ2v) is 8.87. The van der Waals surface area contributed by atoms with Crippen molar-refractivity contribution in [1.82, 2.24) is 4.90 Å². The number of carbonyl (C=O) groups is 2. The zero-order chi connectivity index (χ0) is 28.6. The van der Waals surface area contributed by atoms with Gasteiger partial charge in [-0.25, -0.2) is 0 Å². The van der Waals surface area contributed by atoms with Crippen LogP contribution in [-0.2, 0) is 4.79 Å². The molecule has 0 spiro atoms. The van der Waals surface area contributed by atoms with Gasteiger partial charge in [0.2, 0.25) is 5.91 Å². The van der Waals surface area contributed by atoms with Gasteiger partial charge in [-0.15, -0.1) is 13.2 Å². The Bertz CT molecular complexity index is 1270. The smallest absolute Gasteiger partial charge is 0.490 e. The molecular weight excluding hydrogens is 509 g/mol. The van der Waals surface area contributed by atoms with Crippen molar-refractivity contribution < 1.29 is 32.2 Å². The van der Waals surface area contributed by atoms with Crippen LogP contribution in [0, 0.1) is 6.92 Å². The molecule has 1 aliphatic heterocycles. The number of piperidine rings is 1. The minimum absolute atomic E-state index is 0.0192. The molecule has 39 heavy (non-hydrogen) atoms. The van der Waals surface area contributed by atoms with E-state index in [9.17, 15) is 22.8 Å². The second-order valence-electron chi connectivity index (χ2n) is 8.87. The summed E-state index contributed by atoms with van der Waals surface area (Å²) in [7, 11) is 0. The first-order valence-corrected chi connectivity index (χ1v) is 12.9. The van der Waals surface area contributed by atoms with Gasteiger partial charge in [-0.05, 0) is 53.9 Å². The van der Waals surface area contributed by atoms with E-state index < -0.39 is 6.36 Å². The van der Waals surface area contributed by atoms with Gasteiger partial charge in [0.15, 0.2) is 0 Å². The third-order valence-electron chi connectivity index (χ3n) is 6.18. The maximum atomic E-state index is 13.3. The molecule has 3 aromatic rings. The number of likely N-dealkylation sites (tertiary alicyclic amines) is 1. The molecule has 0 radical (unpaired) electrons. The number of amides is 2. The summed E-state index contributed by atoms with van der Waals surface area (Å²) >= 11 is 0. The van der Waals surface area contributed by atoms with Crippen LogP contribution in [0.1, 0.15) is 49.5 Å². The average molecular weight is 543 g/mol. The van der Waals surface area contributed by atoms with Crippen LogP contribution in [0.15, 0.2) is 66.7 Å². The van der Waals surface area contributed by atoms with Crippen LogP contribution in [0.3, 0.4) is 0 Å². The highest BCUT2D eigenvalue weighted by molar-refractivity contribution is 6.09. The van der Waals surface area contributed by atoms with Crippen molar-refractivity contribution in [3.8, 4) is 22.6 Å². The zero-order valence-corrected chi connectivity index (χ0v) is 22.5. The highest BCUT2D eigenvalue weighted by atomic mass is 19.4. The molecule has 0 aliphatic carbocycles. The molecule has 0 unspecified atom stereocenters. The van der Waals surface area contributed by atoms with E-state index in [0.29, 0.717) is 41.2 Å². The maximum absolute atomic E-state index is 13.3. The van der Waals surface area contributed by atoms with E-state index in [4.69, 9.17) is 4.74 Å². The van der Waals surface area contributed by atoms with Crippen LogP contribution in [0.5, 0.6) is 11.5 Å². The van der Waals surface area contributed by atoms with Crippen molar-refractivity contribution in [3.63, 3.8) is 0 Å². The van der Waals surface area contributed by atoms with E-state index in [1.165, 1.54) is 24.3 Å². The topological polar surface area (TPSA) is 67.9 Å². The number of halogens is 3. The Hall–Kier alpha value is -4.01. The molecule has 208 valence electrons. The molecule has 3 aromatic carbocycles. The highest BCUT2D eigenvalue weighted by Crippen LogP contribution is 2.31. The Morgan fingerprint density at radius 3 is 2.18 bits per heavy atom. The van der Waals surface area contributed by atoms with Crippen LogP contribution in [0.4, 0.5) is 18.9 Å². The summed E-state index contributed by atoms with van der Waals surface area (Å²) in [4.78, 5) is 26.6. The molecule has 1 heterocycles. The van der Waals surface area contributed by atoms with E-state index in [-0.39, 0.29) is 23.7 Å². The van der Waals surface area contributed by atoms with Crippen LogP contribution in [0.25, 0.3) is 11.1 Å². The fourth-order valence-corrected chi connectivity index (χ4v) is 4.39. The van der Waals surface area contributed by atoms with Gasteiger partial charge >= 0.3 is 6.36 Å². The third-order valence-corrected chi connectivity index (χ3v) is 6.18. The van der Waals surface area contributed by atoms with Crippen LogP contribution >= 0.6 is 0 Å². The predicted octanol–water partition coefficient (Wildman–Crippen LogP) is 7.23. The lowest BCUT2D eigenvalue weighted by Gasteiger charge is -2.31. The van der Waals surface area contributed by atoms with Crippen LogP contribution < -0.4 is 14.8 Å². The van der Waals surface area contributed by atoms with E-state index in [2.05, 4.69) is 10.1 Å². The first-order chi connectivity index (χ1) is 18.6. The lowest BCUT2D eigenvalue weighted by molar-refractivity contribution is -0.274. The summed E-state index contributed by atoms with van der Waals surface area (Å²) in [5.41, 5.74) is 2.93. The molecular formula is C30H33F3N2O4. The number of hydrogen-bond donors (Lipinski definition) is 1. The van der Waals surface area contributed by atoms with E-state index >= 15 is 0 Å². The van der Waals surface area contributed by atoms with Gasteiger partial charge in [-0.3, -0.25) is 9.59 Å². The number of nitrogens with one attached hydrogen (secondary N) is 1. The molecule has 6 nitrogen and oxygen atoms in total. The SMILES string of the molecule is CC.CC(=O)N1CCC(Oc2cccc(NC(=O)c3cccc(C)c3-c3ccc(OC(F)(F)F)cc3)c2)CC1. The lowest BCUT2D eigenvalue weighted by Crippen LogP contribution is -2.40. The first kappa shape index (κ1) is 29.5. The van der Waals surface area contributed by atoms with Gasteiger partial charge in [0.05, 0.1) is 0 Å². The standard InChI is InChI=1S/C28H27F3N2O4.C2H6/c1-18-5-3-8-25(26(18)20-9-11-23(12-10-20)37-28(29,30)31)27(35)32-21-6-4-7-24(17-21)36-22-13-15-33(16-14-22)19(2)34;1-2/h3-12,17,22H,13-16H2,1-2H3,(H,32,35);1-2H3. The first-order valence-electron chi connectivity index (χ1n) is 12.9. The van der Waals surface area contributed by atoms with Crippen molar-refractivity contribution in [2.75, 3.05) is 18.4 Å². The van der Waals surface area contributed by atoms with E-state index in [0.717, 1.165) is 18.4 Å². The number of benzene rings is 3.